The van der Waals surface area contributed by atoms with E-state index in [0.717, 1.165) is 17.9 Å². The first-order valence-corrected chi connectivity index (χ1v) is 5.86. The Bertz CT molecular complexity index is 453. The van der Waals surface area contributed by atoms with E-state index in [9.17, 15) is 5.11 Å². The van der Waals surface area contributed by atoms with Crippen molar-refractivity contribution >= 4 is 0 Å². The molecule has 17 heavy (non-hydrogen) atoms. The summed E-state index contributed by atoms with van der Waals surface area (Å²) >= 11 is 0. The Labute approximate surface area is 101 Å². The van der Waals surface area contributed by atoms with Crippen LogP contribution in [0, 0.1) is 0 Å². The van der Waals surface area contributed by atoms with Crippen molar-refractivity contribution in [3.63, 3.8) is 0 Å². The average Bonchev–Trinajstić information content (AvgIpc) is 2.77. The third-order valence-electron chi connectivity index (χ3n) is 2.75. The molecule has 0 fully saturated rings. The number of aromatic nitrogens is 3. The fraction of sp³-hybridized carbons (Fsp3) is 0.385. The molecule has 0 aliphatic carbocycles. The molecule has 0 aliphatic heterocycles. The molecule has 0 saturated carbocycles. The van der Waals surface area contributed by atoms with Gasteiger partial charge in [-0.2, -0.15) is 0 Å². The quantitative estimate of drug-likeness (QED) is 0.847. The van der Waals surface area contributed by atoms with Gasteiger partial charge in [-0.3, -0.25) is 4.98 Å². The van der Waals surface area contributed by atoms with Crippen molar-refractivity contribution in [2.75, 3.05) is 0 Å². The molecule has 0 spiro atoms. The summed E-state index contributed by atoms with van der Waals surface area (Å²) in [5.74, 6) is 0.934. The number of nitrogens with zero attached hydrogens (tertiary/aromatic N) is 3. The second-order valence-corrected chi connectivity index (χ2v) is 4.05. The van der Waals surface area contributed by atoms with E-state index in [1.54, 1.807) is 18.6 Å². The molecule has 0 bridgehead atoms. The van der Waals surface area contributed by atoms with Crippen LogP contribution >= 0.6 is 0 Å². The molecule has 0 aliphatic rings. The standard InChI is InChI=1S/C13H17N3O/c1-2-16-7-6-15-13(16)9-12(17)8-11-4-3-5-14-10-11/h3-7,10,12,17H,2,8-9H2,1H3. The van der Waals surface area contributed by atoms with E-state index in [4.69, 9.17) is 0 Å². The van der Waals surface area contributed by atoms with Gasteiger partial charge in [-0.25, -0.2) is 4.98 Å². The van der Waals surface area contributed by atoms with E-state index < -0.39 is 6.10 Å². The van der Waals surface area contributed by atoms with Gasteiger partial charge in [0.15, 0.2) is 0 Å². The molecule has 1 atom stereocenters. The van der Waals surface area contributed by atoms with Crippen molar-refractivity contribution in [2.45, 2.75) is 32.4 Å². The maximum absolute atomic E-state index is 10.0. The average molecular weight is 231 g/mol. The van der Waals surface area contributed by atoms with Crippen LogP contribution in [-0.4, -0.2) is 25.7 Å². The van der Waals surface area contributed by atoms with Gasteiger partial charge in [0.1, 0.15) is 5.82 Å². The smallest absolute Gasteiger partial charge is 0.111 e. The van der Waals surface area contributed by atoms with Crippen LogP contribution in [0.2, 0.25) is 0 Å². The second-order valence-electron chi connectivity index (χ2n) is 4.05. The number of aliphatic hydroxyl groups is 1. The molecular formula is C13H17N3O. The summed E-state index contributed by atoms with van der Waals surface area (Å²) in [6, 6.07) is 3.86. The number of imidazole rings is 1. The highest BCUT2D eigenvalue weighted by Gasteiger charge is 2.10. The molecular weight excluding hydrogens is 214 g/mol. The Balaban J connectivity index is 1.96. The maximum Gasteiger partial charge on any atom is 0.111 e. The van der Waals surface area contributed by atoms with Crippen molar-refractivity contribution in [3.8, 4) is 0 Å². The van der Waals surface area contributed by atoms with Crippen molar-refractivity contribution in [1.82, 2.24) is 14.5 Å². The maximum atomic E-state index is 10.0. The lowest BCUT2D eigenvalue weighted by Gasteiger charge is -2.11. The molecule has 0 aromatic carbocycles. The molecule has 2 aromatic heterocycles. The van der Waals surface area contributed by atoms with Gasteiger partial charge in [0.25, 0.3) is 0 Å². The van der Waals surface area contributed by atoms with Crippen molar-refractivity contribution < 1.29 is 5.11 Å². The minimum atomic E-state index is -0.410. The molecule has 90 valence electrons. The molecule has 4 nitrogen and oxygen atoms in total. The first-order valence-electron chi connectivity index (χ1n) is 5.86. The Kier molecular flexibility index (Phi) is 3.88. The third kappa shape index (κ3) is 3.14. The number of pyridine rings is 1. The fourth-order valence-corrected chi connectivity index (χ4v) is 1.89. The highest BCUT2D eigenvalue weighted by atomic mass is 16.3. The predicted octanol–water partition coefficient (Wildman–Crippen LogP) is 1.44. The predicted molar refractivity (Wildman–Crippen MR) is 65.6 cm³/mol. The van der Waals surface area contributed by atoms with Gasteiger partial charge >= 0.3 is 0 Å². The van der Waals surface area contributed by atoms with Gasteiger partial charge < -0.3 is 9.67 Å². The zero-order valence-corrected chi connectivity index (χ0v) is 9.95. The molecule has 2 aromatic rings. The molecule has 1 N–H and O–H groups in total. The van der Waals surface area contributed by atoms with Crippen molar-refractivity contribution in [3.05, 3.63) is 48.3 Å². The monoisotopic (exact) mass is 231 g/mol. The van der Waals surface area contributed by atoms with E-state index in [-0.39, 0.29) is 0 Å². The third-order valence-corrected chi connectivity index (χ3v) is 2.75. The molecule has 0 amide bonds. The molecule has 2 heterocycles. The van der Waals surface area contributed by atoms with Crippen LogP contribution in [0.4, 0.5) is 0 Å². The minimum absolute atomic E-state index is 0.410. The van der Waals surface area contributed by atoms with Crippen LogP contribution in [-0.2, 0) is 19.4 Å². The van der Waals surface area contributed by atoms with E-state index >= 15 is 0 Å². The summed E-state index contributed by atoms with van der Waals surface area (Å²) < 4.78 is 2.05. The SMILES string of the molecule is CCn1ccnc1CC(O)Cc1cccnc1. The topological polar surface area (TPSA) is 50.9 Å². The summed E-state index contributed by atoms with van der Waals surface area (Å²) in [6.45, 7) is 2.95. The van der Waals surface area contributed by atoms with Crippen LogP contribution in [0.5, 0.6) is 0 Å². The van der Waals surface area contributed by atoms with E-state index in [1.807, 2.05) is 22.9 Å². The van der Waals surface area contributed by atoms with E-state index in [2.05, 4.69) is 16.9 Å². The molecule has 2 rings (SSSR count). The molecule has 0 radical (unpaired) electrons. The zero-order valence-electron chi connectivity index (χ0n) is 9.95. The van der Waals surface area contributed by atoms with Crippen LogP contribution in [0.3, 0.4) is 0 Å². The Hall–Kier alpha value is -1.68. The Morgan fingerprint density at radius 1 is 1.35 bits per heavy atom. The largest absolute Gasteiger partial charge is 0.392 e. The van der Waals surface area contributed by atoms with Gasteiger partial charge in [0.05, 0.1) is 6.10 Å². The molecule has 1 unspecified atom stereocenters. The van der Waals surface area contributed by atoms with Gasteiger partial charge in [-0.15, -0.1) is 0 Å². The summed E-state index contributed by atoms with van der Waals surface area (Å²) in [4.78, 5) is 8.29. The second kappa shape index (κ2) is 5.59. The van der Waals surface area contributed by atoms with Crippen LogP contribution in [0.15, 0.2) is 36.9 Å². The minimum Gasteiger partial charge on any atom is -0.392 e. The number of aryl methyl sites for hydroxylation is 1. The summed E-state index contributed by atoms with van der Waals surface area (Å²) in [5, 5.41) is 10.0. The number of hydrogen-bond donors (Lipinski definition) is 1. The van der Waals surface area contributed by atoms with Gasteiger partial charge in [-0.05, 0) is 18.6 Å². The Morgan fingerprint density at radius 2 is 2.24 bits per heavy atom. The lowest BCUT2D eigenvalue weighted by atomic mass is 10.1. The van der Waals surface area contributed by atoms with Crippen LogP contribution in [0.1, 0.15) is 18.3 Å². The van der Waals surface area contributed by atoms with Gasteiger partial charge in [0.2, 0.25) is 0 Å². The highest BCUT2D eigenvalue weighted by Crippen LogP contribution is 2.07. The molecule has 4 heteroatoms. The van der Waals surface area contributed by atoms with Crippen LogP contribution in [0.25, 0.3) is 0 Å². The van der Waals surface area contributed by atoms with Crippen molar-refractivity contribution in [1.29, 1.82) is 0 Å². The Morgan fingerprint density at radius 3 is 2.94 bits per heavy atom. The summed E-state index contributed by atoms with van der Waals surface area (Å²) in [5.41, 5.74) is 1.05. The van der Waals surface area contributed by atoms with Gasteiger partial charge in [0, 0.05) is 44.2 Å². The zero-order chi connectivity index (χ0) is 12.1. The van der Waals surface area contributed by atoms with Gasteiger partial charge in [-0.1, -0.05) is 6.07 Å². The first-order chi connectivity index (χ1) is 8.29. The van der Waals surface area contributed by atoms with E-state index in [1.165, 1.54) is 0 Å². The lowest BCUT2D eigenvalue weighted by Crippen LogP contribution is -2.17. The van der Waals surface area contributed by atoms with Crippen LogP contribution < -0.4 is 0 Å². The summed E-state index contributed by atoms with van der Waals surface area (Å²) in [6.07, 6.45) is 8.02. The summed E-state index contributed by atoms with van der Waals surface area (Å²) in [7, 11) is 0. The highest BCUT2D eigenvalue weighted by molar-refractivity contribution is 5.10. The number of aliphatic hydroxyl groups excluding tert-OH is 1. The molecule has 0 saturated heterocycles. The number of rotatable bonds is 5. The normalized spacial score (nSPS) is 12.6. The van der Waals surface area contributed by atoms with Crippen molar-refractivity contribution in [2.24, 2.45) is 0 Å². The lowest BCUT2D eigenvalue weighted by molar-refractivity contribution is 0.171. The first kappa shape index (κ1) is 11.8. The fourth-order valence-electron chi connectivity index (χ4n) is 1.89. The number of hydrogen-bond acceptors (Lipinski definition) is 3. The van der Waals surface area contributed by atoms with E-state index in [0.29, 0.717) is 12.8 Å².